The topological polar surface area (TPSA) is 0 Å². The Hall–Kier alpha value is -1.08. The highest BCUT2D eigenvalue weighted by atomic mass is 79.9. The Morgan fingerprint density at radius 1 is 0.667 bits per heavy atom. The fraction of sp³-hybridized carbons (Fsp3) is 0.294. The van der Waals surface area contributed by atoms with Crippen LogP contribution in [-0.2, 0) is 6.42 Å². The van der Waals surface area contributed by atoms with Crippen LogP contribution < -0.4 is 0 Å². The molecule has 18 heavy (non-hydrogen) atoms. The van der Waals surface area contributed by atoms with Crippen molar-refractivity contribution in [2.75, 3.05) is 5.33 Å². The van der Waals surface area contributed by atoms with Crippen LogP contribution in [0.25, 0.3) is 11.1 Å². The number of aryl methyl sites for hydroxylation is 1. The van der Waals surface area contributed by atoms with Crippen molar-refractivity contribution in [1.29, 1.82) is 0 Å². The molecule has 0 bridgehead atoms. The predicted octanol–water partition coefficient (Wildman–Crippen LogP) is 5.46. The van der Waals surface area contributed by atoms with E-state index < -0.39 is 0 Å². The molecule has 0 saturated heterocycles. The van der Waals surface area contributed by atoms with Gasteiger partial charge >= 0.3 is 0 Å². The van der Waals surface area contributed by atoms with Crippen LogP contribution in [0.3, 0.4) is 0 Å². The second-order valence-electron chi connectivity index (χ2n) is 4.56. The van der Waals surface area contributed by atoms with Crippen LogP contribution in [0.5, 0.6) is 0 Å². The molecule has 0 radical (unpaired) electrons. The predicted molar refractivity (Wildman–Crippen MR) is 83.2 cm³/mol. The van der Waals surface area contributed by atoms with Crippen LogP contribution in [0.1, 0.15) is 24.8 Å². The van der Waals surface area contributed by atoms with E-state index in [4.69, 9.17) is 0 Å². The summed E-state index contributed by atoms with van der Waals surface area (Å²) in [5.41, 5.74) is 4.05. The molecule has 0 N–H and O–H groups in total. The van der Waals surface area contributed by atoms with Crippen molar-refractivity contribution in [3.63, 3.8) is 0 Å². The van der Waals surface area contributed by atoms with Crippen molar-refractivity contribution in [2.45, 2.75) is 25.7 Å². The Morgan fingerprint density at radius 3 is 2.00 bits per heavy atom. The summed E-state index contributed by atoms with van der Waals surface area (Å²) in [7, 11) is 0. The highest BCUT2D eigenvalue weighted by Gasteiger charge is 1.97. The Bertz CT molecular complexity index is 445. The maximum atomic E-state index is 3.47. The van der Waals surface area contributed by atoms with Gasteiger partial charge in [0.25, 0.3) is 0 Å². The Labute approximate surface area is 118 Å². The van der Waals surface area contributed by atoms with E-state index >= 15 is 0 Å². The van der Waals surface area contributed by atoms with E-state index in [1.165, 1.54) is 42.4 Å². The lowest BCUT2D eigenvalue weighted by molar-refractivity contribution is 0.724. The molecular formula is C17H19Br. The van der Waals surface area contributed by atoms with E-state index in [2.05, 4.69) is 70.5 Å². The summed E-state index contributed by atoms with van der Waals surface area (Å²) in [6.45, 7) is 0. The first kappa shape index (κ1) is 13.4. The highest BCUT2D eigenvalue weighted by molar-refractivity contribution is 9.09. The van der Waals surface area contributed by atoms with Crippen LogP contribution >= 0.6 is 15.9 Å². The summed E-state index contributed by atoms with van der Waals surface area (Å²) >= 11 is 3.47. The molecule has 0 aliphatic heterocycles. The van der Waals surface area contributed by atoms with Gasteiger partial charge in [0.15, 0.2) is 0 Å². The molecule has 0 saturated carbocycles. The van der Waals surface area contributed by atoms with Gasteiger partial charge in [0.05, 0.1) is 0 Å². The first-order chi connectivity index (χ1) is 8.90. The van der Waals surface area contributed by atoms with Gasteiger partial charge < -0.3 is 0 Å². The van der Waals surface area contributed by atoms with Gasteiger partial charge in [0, 0.05) is 5.33 Å². The van der Waals surface area contributed by atoms with Crippen LogP contribution in [0.2, 0.25) is 0 Å². The monoisotopic (exact) mass is 302 g/mol. The number of rotatable bonds is 6. The summed E-state index contributed by atoms with van der Waals surface area (Å²) in [4.78, 5) is 0. The number of hydrogen-bond acceptors (Lipinski definition) is 0. The summed E-state index contributed by atoms with van der Waals surface area (Å²) in [6.07, 6.45) is 5.08. The smallest absolute Gasteiger partial charge is 0.00313 e. The molecule has 0 fully saturated rings. The number of unbranched alkanes of at least 4 members (excludes halogenated alkanes) is 2. The number of halogens is 1. The minimum Gasteiger partial charge on any atom is -0.0928 e. The van der Waals surface area contributed by atoms with Gasteiger partial charge in [-0.05, 0) is 36.0 Å². The minimum absolute atomic E-state index is 1.12. The fourth-order valence-electron chi connectivity index (χ4n) is 2.09. The van der Waals surface area contributed by atoms with E-state index in [1.807, 2.05) is 0 Å². The zero-order valence-electron chi connectivity index (χ0n) is 10.6. The molecule has 0 aromatic heterocycles. The number of hydrogen-bond donors (Lipinski definition) is 0. The molecule has 2 aromatic rings. The van der Waals surface area contributed by atoms with Crippen molar-refractivity contribution in [2.24, 2.45) is 0 Å². The van der Waals surface area contributed by atoms with Gasteiger partial charge in [-0.15, -0.1) is 0 Å². The average molecular weight is 303 g/mol. The van der Waals surface area contributed by atoms with Gasteiger partial charge in [-0.25, -0.2) is 0 Å². The molecule has 0 aliphatic carbocycles. The summed E-state index contributed by atoms with van der Waals surface area (Å²) in [6, 6.07) is 19.5. The Morgan fingerprint density at radius 2 is 1.33 bits per heavy atom. The third-order valence-corrected chi connectivity index (χ3v) is 3.72. The Kier molecular flexibility index (Phi) is 5.47. The van der Waals surface area contributed by atoms with Gasteiger partial charge in [-0.3, -0.25) is 0 Å². The second kappa shape index (κ2) is 7.38. The van der Waals surface area contributed by atoms with Crippen LogP contribution in [0.15, 0.2) is 54.6 Å². The minimum atomic E-state index is 1.12. The third-order valence-electron chi connectivity index (χ3n) is 3.16. The summed E-state index contributed by atoms with van der Waals surface area (Å²) in [5.74, 6) is 0. The Balaban J connectivity index is 1.94. The molecule has 0 unspecified atom stereocenters. The summed E-state index contributed by atoms with van der Waals surface area (Å²) < 4.78 is 0. The first-order valence-electron chi connectivity index (χ1n) is 6.60. The molecule has 0 atom stereocenters. The molecule has 0 heterocycles. The molecule has 0 nitrogen and oxygen atoms in total. The van der Waals surface area contributed by atoms with Crippen molar-refractivity contribution in [3.8, 4) is 11.1 Å². The normalized spacial score (nSPS) is 10.5. The largest absolute Gasteiger partial charge is 0.0928 e. The molecule has 0 aliphatic rings. The van der Waals surface area contributed by atoms with Gasteiger partial charge in [0.1, 0.15) is 0 Å². The van der Waals surface area contributed by atoms with E-state index in [0.717, 1.165) is 5.33 Å². The molecule has 0 spiro atoms. The van der Waals surface area contributed by atoms with Crippen LogP contribution in [-0.4, -0.2) is 5.33 Å². The van der Waals surface area contributed by atoms with E-state index in [-0.39, 0.29) is 0 Å². The first-order valence-corrected chi connectivity index (χ1v) is 7.72. The molecule has 0 amide bonds. The maximum Gasteiger partial charge on any atom is 0.00313 e. The number of alkyl halides is 1. The van der Waals surface area contributed by atoms with Crippen molar-refractivity contribution >= 4 is 15.9 Å². The van der Waals surface area contributed by atoms with Crippen molar-refractivity contribution in [3.05, 3.63) is 60.2 Å². The van der Waals surface area contributed by atoms with E-state index in [0.29, 0.717) is 0 Å². The zero-order valence-corrected chi connectivity index (χ0v) is 12.2. The van der Waals surface area contributed by atoms with Gasteiger partial charge in [-0.1, -0.05) is 76.9 Å². The van der Waals surface area contributed by atoms with Crippen molar-refractivity contribution < 1.29 is 0 Å². The maximum absolute atomic E-state index is 3.47. The average Bonchev–Trinajstić information content (AvgIpc) is 2.45. The zero-order chi connectivity index (χ0) is 12.6. The second-order valence-corrected chi connectivity index (χ2v) is 5.36. The molecule has 2 aromatic carbocycles. The SMILES string of the molecule is BrCCCCCc1ccc(-c2ccccc2)cc1. The highest BCUT2D eigenvalue weighted by Crippen LogP contribution is 2.19. The van der Waals surface area contributed by atoms with Gasteiger partial charge in [-0.2, -0.15) is 0 Å². The summed E-state index contributed by atoms with van der Waals surface area (Å²) in [5, 5.41) is 1.12. The fourth-order valence-corrected chi connectivity index (χ4v) is 2.49. The lowest BCUT2D eigenvalue weighted by Crippen LogP contribution is -1.86. The van der Waals surface area contributed by atoms with Crippen LogP contribution in [0, 0.1) is 0 Å². The molecule has 2 rings (SSSR count). The lowest BCUT2D eigenvalue weighted by atomic mass is 10.0. The molecular weight excluding hydrogens is 284 g/mol. The van der Waals surface area contributed by atoms with E-state index in [1.54, 1.807) is 0 Å². The van der Waals surface area contributed by atoms with E-state index in [9.17, 15) is 0 Å². The van der Waals surface area contributed by atoms with Crippen LogP contribution in [0.4, 0.5) is 0 Å². The number of benzene rings is 2. The van der Waals surface area contributed by atoms with Gasteiger partial charge in [0.2, 0.25) is 0 Å². The lowest BCUT2D eigenvalue weighted by Gasteiger charge is -2.04. The standard InChI is InChI=1S/C17H19Br/c18-14-6-2-3-7-15-10-12-17(13-11-15)16-8-4-1-5-9-16/h1,4-5,8-13H,2-3,6-7,14H2. The van der Waals surface area contributed by atoms with Crippen molar-refractivity contribution in [1.82, 2.24) is 0 Å². The third kappa shape index (κ3) is 3.99. The molecule has 94 valence electrons. The molecule has 1 heteroatoms. The quantitative estimate of drug-likeness (QED) is 0.491.